The van der Waals surface area contributed by atoms with Crippen LogP contribution in [0.1, 0.15) is 56.9 Å². The molecule has 2 aliphatic rings. The summed E-state index contributed by atoms with van der Waals surface area (Å²) in [5.74, 6) is 0.0687. The van der Waals surface area contributed by atoms with Gasteiger partial charge in [-0.3, -0.25) is 4.79 Å². The fourth-order valence-corrected chi connectivity index (χ4v) is 3.65. The minimum atomic E-state index is -0.440. The monoisotopic (exact) mass is 301 g/mol. The van der Waals surface area contributed by atoms with Crippen LogP contribution in [0.15, 0.2) is 30.3 Å². The Balaban J connectivity index is 1.71. The van der Waals surface area contributed by atoms with Crippen molar-refractivity contribution in [3.63, 3.8) is 0 Å². The molecule has 1 saturated heterocycles. The van der Waals surface area contributed by atoms with Crippen molar-refractivity contribution in [2.24, 2.45) is 0 Å². The Morgan fingerprint density at radius 3 is 2.73 bits per heavy atom. The number of nitrogens with zero attached hydrogens (tertiary/aromatic N) is 1. The third kappa shape index (κ3) is 2.87. The minimum absolute atomic E-state index is 0.0398. The molecular formula is C18H23NO3. The number of amides is 2. The quantitative estimate of drug-likeness (QED) is 0.848. The fourth-order valence-electron chi connectivity index (χ4n) is 3.65. The maximum Gasteiger partial charge on any atom is 0.417 e. The molecule has 4 nitrogen and oxygen atoms in total. The first-order valence-electron chi connectivity index (χ1n) is 8.28. The second-order valence-electron chi connectivity index (χ2n) is 6.26. The minimum Gasteiger partial charge on any atom is -0.444 e. The second kappa shape index (κ2) is 6.51. The van der Waals surface area contributed by atoms with Gasteiger partial charge in [-0.05, 0) is 37.2 Å². The van der Waals surface area contributed by atoms with Gasteiger partial charge in [0.1, 0.15) is 6.10 Å². The summed E-state index contributed by atoms with van der Waals surface area (Å²) >= 11 is 0. The number of fused-ring (bicyclic) bond motifs is 1. The van der Waals surface area contributed by atoms with E-state index in [-0.39, 0.29) is 24.0 Å². The Hall–Kier alpha value is -1.84. The number of ether oxygens (including phenoxy) is 1. The van der Waals surface area contributed by atoms with Crippen molar-refractivity contribution >= 4 is 12.0 Å². The summed E-state index contributed by atoms with van der Waals surface area (Å²) in [5.41, 5.74) is 1.16. The van der Waals surface area contributed by atoms with E-state index in [1.807, 2.05) is 30.3 Å². The number of rotatable bonds is 4. The van der Waals surface area contributed by atoms with Gasteiger partial charge in [-0.1, -0.05) is 43.7 Å². The molecule has 1 aromatic rings. The number of carbonyl (C=O) groups excluding carboxylic acids is 2. The molecule has 3 atom stereocenters. The lowest BCUT2D eigenvalue weighted by Gasteiger charge is -2.27. The van der Waals surface area contributed by atoms with Crippen molar-refractivity contribution < 1.29 is 14.3 Å². The first kappa shape index (κ1) is 15.1. The van der Waals surface area contributed by atoms with Crippen LogP contribution < -0.4 is 0 Å². The van der Waals surface area contributed by atoms with E-state index in [2.05, 4.69) is 6.92 Å². The number of benzene rings is 1. The highest BCUT2D eigenvalue weighted by Gasteiger charge is 2.46. The van der Waals surface area contributed by atoms with Crippen molar-refractivity contribution in [1.82, 2.24) is 4.90 Å². The summed E-state index contributed by atoms with van der Waals surface area (Å²) in [6.07, 6.45) is 4.65. The van der Waals surface area contributed by atoms with Crippen molar-refractivity contribution in [3.05, 3.63) is 35.9 Å². The van der Waals surface area contributed by atoms with Gasteiger partial charge in [-0.15, -0.1) is 0 Å². The van der Waals surface area contributed by atoms with Gasteiger partial charge in [0, 0.05) is 6.42 Å². The Morgan fingerprint density at radius 1 is 1.27 bits per heavy atom. The van der Waals surface area contributed by atoms with E-state index in [9.17, 15) is 9.59 Å². The smallest absolute Gasteiger partial charge is 0.417 e. The predicted molar refractivity (Wildman–Crippen MR) is 83.5 cm³/mol. The summed E-state index contributed by atoms with van der Waals surface area (Å²) in [5, 5.41) is 0. The van der Waals surface area contributed by atoms with E-state index < -0.39 is 6.09 Å². The Bertz CT molecular complexity index is 543. The first-order chi connectivity index (χ1) is 10.7. The maximum atomic E-state index is 12.7. The molecule has 2 amide bonds. The fraction of sp³-hybridized carbons (Fsp3) is 0.556. The van der Waals surface area contributed by atoms with E-state index in [4.69, 9.17) is 4.74 Å². The number of imide groups is 1. The highest BCUT2D eigenvalue weighted by molar-refractivity contribution is 5.94. The van der Waals surface area contributed by atoms with Crippen LogP contribution in [0.25, 0.3) is 0 Å². The molecule has 2 fully saturated rings. The van der Waals surface area contributed by atoms with Gasteiger partial charge >= 0.3 is 6.09 Å². The third-order valence-electron chi connectivity index (χ3n) is 4.90. The topological polar surface area (TPSA) is 46.6 Å². The van der Waals surface area contributed by atoms with Crippen LogP contribution in [0.5, 0.6) is 0 Å². The zero-order chi connectivity index (χ0) is 15.5. The SMILES string of the molecule is CC[C@@H](CC(=O)N1C(=O)O[C@@H]2CCCC[C@H]21)c1ccccc1. The molecule has 3 rings (SSSR count). The van der Waals surface area contributed by atoms with Gasteiger partial charge in [0.15, 0.2) is 0 Å². The van der Waals surface area contributed by atoms with Gasteiger partial charge in [-0.25, -0.2) is 9.69 Å². The highest BCUT2D eigenvalue weighted by atomic mass is 16.6. The van der Waals surface area contributed by atoms with Gasteiger partial charge in [-0.2, -0.15) is 0 Å². The Labute approximate surface area is 131 Å². The zero-order valence-electron chi connectivity index (χ0n) is 13.0. The van der Waals surface area contributed by atoms with Crippen LogP contribution in [-0.4, -0.2) is 29.0 Å². The van der Waals surface area contributed by atoms with Crippen molar-refractivity contribution in [3.8, 4) is 0 Å². The molecule has 0 aromatic heterocycles. The summed E-state index contributed by atoms with van der Waals surface area (Å²) in [6.45, 7) is 2.08. The summed E-state index contributed by atoms with van der Waals surface area (Å²) in [6, 6.07) is 10.0. The lowest BCUT2D eigenvalue weighted by atomic mass is 9.90. The van der Waals surface area contributed by atoms with E-state index in [0.29, 0.717) is 6.42 Å². The molecule has 4 heteroatoms. The van der Waals surface area contributed by atoms with E-state index in [1.54, 1.807) is 0 Å². The maximum absolute atomic E-state index is 12.7. The van der Waals surface area contributed by atoms with Crippen molar-refractivity contribution in [2.45, 2.75) is 63.5 Å². The molecule has 1 aliphatic carbocycles. The van der Waals surface area contributed by atoms with Gasteiger partial charge in [0.25, 0.3) is 0 Å². The lowest BCUT2D eigenvalue weighted by molar-refractivity contribution is -0.130. The molecule has 0 N–H and O–H groups in total. The van der Waals surface area contributed by atoms with E-state index in [0.717, 1.165) is 37.7 Å². The molecule has 22 heavy (non-hydrogen) atoms. The largest absolute Gasteiger partial charge is 0.444 e. The van der Waals surface area contributed by atoms with Crippen LogP contribution in [-0.2, 0) is 9.53 Å². The zero-order valence-corrected chi connectivity index (χ0v) is 13.0. The van der Waals surface area contributed by atoms with Crippen LogP contribution in [0, 0.1) is 0 Å². The Morgan fingerprint density at radius 2 is 2.00 bits per heavy atom. The molecule has 0 bridgehead atoms. The summed E-state index contributed by atoms with van der Waals surface area (Å²) in [4.78, 5) is 26.1. The van der Waals surface area contributed by atoms with Gasteiger partial charge < -0.3 is 4.74 Å². The van der Waals surface area contributed by atoms with Crippen molar-refractivity contribution in [1.29, 1.82) is 0 Å². The average Bonchev–Trinajstić information content (AvgIpc) is 2.89. The molecule has 118 valence electrons. The standard InChI is InChI=1S/C18H23NO3/c1-2-13(14-8-4-3-5-9-14)12-17(20)19-15-10-6-7-11-16(15)22-18(19)21/h3-5,8-9,13,15-16H,2,6-7,10-12H2,1H3/t13-,15+,16+/m0/s1. The molecule has 0 unspecified atom stereocenters. The highest BCUT2D eigenvalue weighted by Crippen LogP contribution is 2.33. The molecule has 1 aliphatic heterocycles. The third-order valence-corrected chi connectivity index (χ3v) is 4.90. The normalized spacial score (nSPS) is 25.5. The molecule has 0 radical (unpaired) electrons. The van der Waals surface area contributed by atoms with Crippen LogP contribution in [0.2, 0.25) is 0 Å². The number of hydrogen-bond donors (Lipinski definition) is 0. The first-order valence-corrected chi connectivity index (χ1v) is 8.28. The lowest BCUT2D eigenvalue weighted by Crippen LogP contribution is -2.42. The predicted octanol–water partition coefficient (Wildman–Crippen LogP) is 3.86. The van der Waals surface area contributed by atoms with Crippen LogP contribution in [0.4, 0.5) is 4.79 Å². The van der Waals surface area contributed by atoms with Crippen LogP contribution in [0.3, 0.4) is 0 Å². The van der Waals surface area contributed by atoms with E-state index >= 15 is 0 Å². The van der Waals surface area contributed by atoms with Crippen LogP contribution >= 0.6 is 0 Å². The molecular weight excluding hydrogens is 278 g/mol. The number of hydrogen-bond acceptors (Lipinski definition) is 3. The van der Waals surface area contributed by atoms with Crippen molar-refractivity contribution in [2.75, 3.05) is 0 Å². The summed E-state index contributed by atoms with van der Waals surface area (Å²) in [7, 11) is 0. The second-order valence-corrected chi connectivity index (χ2v) is 6.26. The Kier molecular flexibility index (Phi) is 4.46. The molecule has 1 saturated carbocycles. The van der Waals surface area contributed by atoms with E-state index in [1.165, 1.54) is 4.90 Å². The summed E-state index contributed by atoms with van der Waals surface area (Å²) < 4.78 is 5.39. The average molecular weight is 301 g/mol. The van der Waals surface area contributed by atoms with Gasteiger partial charge in [0.05, 0.1) is 6.04 Å². The molecule has 1 aromatic carbocycles. The molecule has 1 heterocycles. The van der Waals surface area contributed by atoms with Gasteiger partial charge in [0.2, 0.25) is 5.91 Å². The number of carbonyl (C=O) groups is 2. The molecule has 0 spiro atoms.